The summed E-state index contributed by atoms with van der Waals surface area (Å²) in [6, 6.07) is 102. The van der Waals surface area contributed by atoms with Crippen LogP contribution < -0.4 is 0 Å². The minimum absolute atomic E-state index is 0.575. The van der Waals surface area contributed by atoms with Crippen LogP contribution in [0, 0.1) is 0 Å². The molecule has 0 atom stereocenters. The zero-order valence-electron chi connectivity index (χ0n) is 44.3. The Bertz CT molecular complexity index is 5300. The Morgan fingerprint density at radius 2 is 0.549 bits per heavy atom. The zero-order valence-corrected chi connectivity index (χ0v) is 44.3. The van der Waals surface area contributed by atoms with Crippen LogP contribution >= 0.6 is 0 Å². The smallest absolute Gasteiger partial charge is 0.164 e. The molecule has 382 valence electrons. The SMILES string of the molecule is c1ccc(-c2nc(-c3cccc(-n4c5ccccc5c5ccccc54)c3)nc(-c3ccc(-n4c5ccccc5c5ccccc54)c(-n4c5ccccc5c5ccc(-c6ccc7c(c6)c6ccccc6n7-c6ccccc6)cc54)c3)n2)cc1. The summed E-state index contributed by atoms with van der Waals surface area (Å²) in [5.74, 6) is 1.76. The topological polar surface area (TPSA) is 58.4 Å². The lowest BCUT2D eigenvalue weighted by Gasteiger charge is -2.18. The highest BCUT2D eigenvalue weighted by Gasteiger charge is 2.23. The van der Waals surface area contributed by atoms with Crippen molar-refractivity contribution in [2.24, 2.45) is 0 Å². The van der Waals surface area contributed by atoms with Crippen LogP contribution in [0.1, 0.15) is 0 Å². The molecule has 82 heavy (non-hydrogen) atoms. The number of hydrogen-bond acceptors (Lipinski definition) is 3. The Labute approximate surface area is 471 Å². The van der Waals surface area contributed by atoms with Gasteiger partial charge in [0.25, 0.3) is 0 Å². The molecule has 7 nitrogen and oxygen atoms in total. The number of aromatic nitrogens is 7. The number of hydrogen-bond donors (Lipinski definition) is 0. The maximum atomic E-state index is 5.46. The van der Waals surface area contributed by atoms with E-state index in [1.807, 2.05) is 18.2 Å². The predicted molar refractivity (Wildman–Crippen MR) is 339 cm³/mol. The first-order valence-corrected chi connectivity index (χ1v) is 27.8. The molecule has 0 spiro atoms. The van der Waals surface area contributed by atoms with Crippen molar-refractivity contribution in [1.29, 1.82) is 0 Å². The second kappa shape index (κ2) is 18.2. The predicted octanol–water partition coefficient (Wildman–Crippen LogP) is 18.9. The van der Waals surface area contributed by atoms with Crippen LogP contribution in [0.25, 0.3) is 155 Å². The second-order valence-corrected chi connectivity index (χ2v) is 21.2. The molecule has 0 aliphatic heterocycles. The third kappa shape index (κ3) is 7.06. The molecule has 0 unspecified atom stereocenters. The number of nitrogens with zero attached hydrogens (tertiary/aromatic N) is 7. The van der Waals surface area contributed by atoms with Crippen molar-refractivity contribution in [3.8, 4) is 68.0 Å². The Morgan fingerprint density at radius 3 is 1.11 bits per heavy atom. The number of rotatable bonds is 8. The largest absolute Gasteiger partial charge is 0.309 e. The molecule has 12 aromatic carbocycles. The molecule has 5 aromatic heterocycles. The van der Waals surface area contributed by atoms with Gasteiger partial charge in [-0.1, -0.05) is 188 Å². The Kier molecular flexibility index (Phi) is 10.2. The normalized spacial score (nSPS) is 11.9. The minimum Gasteiger partial charge on any atom is -0.309 e. The van der Waals surface area contributed by atoms with Gasteiger partial charge < -0.3 is 18.3 Å². The number of benzene rings is 12. The highest BCUT2D eigenvalue weighted by Crippen LogP contribution is 2.43. The molecule has 0 saturated heterocycles. The van der Waals surface area contributed by atoms with Crippen LogP contribution in [0.2, 0.25) is 0 Å². The maximum Gasteiger partial charge on any atom is 0.164 e. The number of fused-ring (bicyclic) bond motifs is 12. The summed E-state index contributed by atoms with van der Waals surface area (Å²) in [5.41, 5.74) is 18.2. The van der Waals surface area contributed by atoms with Crippen LogP contribution in [-0.4, -0.2) is 33.2 Å². The van der Waals surface area contributed by atoms with Crippen molar-refractivity contribution in [2.45, 2.75) is 0 Å². The van der Waals surface area contributed by atoms with E-state index in [2.05, 4.69) is 285 Å². The van der Waals surface area contributed by atoms with E-state index >= 15 is 0 Å². The fraction of sp³-hybridized carbons (Fsp3) is 0. The van der Waals surface area contributed by atoms with Crippen molar-refractivity contribution in [1.82, 2.24) is 33.2 Å². The fourth-order valence-electron chi connectivity index (χ4n) is 13.0. The molecule has 5 heterocycles. The van der Waals surface area contributed by atoms with E-state index in [0.29, 0.717) is 17.5 Å². The first-order valence-electron chi connectivity index (χ1n) is 27.8. The molecule has 7 heteroatoms. The molecule has 0 amide bonds. The maximum absolute atomic E-state index is 5.46. The van der Waals surface area contributed by atoms with Gasteiger partial charge in [-0.3, -0.25) is 0 Å². The summed E-state index contributed by atoms with van der Waals surface area (Å²) in [6.07, 6.45) is 0. The molecule has 0 aliphatic rings. The third-order valence-corrected chi connectivity index (χ3v) is 16.6. The molecule has 0 bridgehead atoms. The third-order valence-electron chi connectivity index (χ3n) is 16.6. The fourth-order valence-corrected chi connectivity index (χ4v) is 13.0. The van der Waals surface area contributed by atoms with E-state index in [-0.39, 0.29) is 0 Å². The van der Waals surface area contributed by atoms with E-state index in [0.717, 1.165) is 89.1 Å². The van der Waals surface area contributed by atoms with Crippen molar-refractivity contribution < 1.29 is 0 Å². The van der Waals surface area contributed by atoms with Crippen LogP contribution in [0.4, 0.5) is 0 Å². The Morgan fingerprint density at radius 1 is 0.183 bits per heavy atom. The molecule has 0 aliphatic carbocycles. The minimum atomic E-state index is 0.575. The van der Waals surface area contributed by atoms with E-state index in [1.54, 1.807) is 0 Å². The Balaban J connectivity index is 0.902. The molecule has 0 fully saturated rings. The molecule has 0 saturated carbocycles. The monoisotopic (exact) mass is 1050 g/mol. The average molecular weight is 1050 g/mol. The average Bonchev–Trinajstić information content (AvgIpc) is 4.47. The van der Waals surface area contributed by atoms with Gasteiger partial charge in [-0.25, -0.2) is 15.0 Å². The molecule has 17 aromatic rings. The van der Waals surface area contributed by atoms with Gasteiger partial charge in [0.2, 0.25) is 0 Å². The van der Waals surface area contributed by atoms with E-state index < -0.39 is 0 Å². The van der Waals surface area contributed by atoms with E-state index in [9.17, 15) is 0 Å². The second-order valence-electron chi connectivity index (χ2n) is 21.2. The van der Waals surface area contributed by atoms with Crippen LogP contribution in [-0.2, 0) is 0 Å². The summed E-state index contributed by atoms with van der Waals surface area (Å²) in [7, 11) is 0. The van der Waals surface area contributed by atoms with Crippen molar-refractivity contribution in [3.63, 3.8) is 0 Å². The summed E-state index contributed by atoms with van der Waals surface area (Å²) >= 11 is 0. The molecule has 17 rings (SSSR count). The highest BCUT2D eigenvalue weighted by molar-refractivity contribution is 6.14. The zero-order chi connectivity index (χ0) is 53.8. The lowest BCUT2D eigenvalue weighted by molar-refractivity contribution is 1.06. The van der Waals surface area contributed by atoms with Gasteiger partial charge in [-0.15, -0.1) is 0 Å². The van der Waals surface area contributed by atoms with Gasteiger partial charge in [0.15, 0.2) is 17.5 Å². The first kappa shape index (κ1) is 45.8. The summed E-state index contributed by atoms with van der Waals surface area (Å²) < 4.78 is 9.61. The standard InChI is InChI=1S/C75H47N7/c1-3-20-48(21-4-1)73-76-74(51-22-19-25-54(44-51)80-63-32-13-7-26-55(63)56-27-8-14-33-64(56)80)78-75(77-73)52-40-43-70(81-66-35-16-9-28-57(66)58-29-10-17-36-67(58)81)72(47-52)82-68-37-18-11-30-59(68)61-41-38-50(46-71(61)82)49-39-42-69-62(45-49)60-31-12-15-34-65(60)79(69)53-23-5-2-6-24-53/h1-47H. The van der Waals surface area contributed by atoms with Gasteiger partial charge in [0.1, 0.15) is 0 Å². The first-order chi connectivity index (χ1) is 40.7. The molecule has 0 radical (unpaired) electrons. The van der Waals surface area contributed by atoms with Crippen LogP contribution in [0.15, 0.2) is 285 Å². The van der Waals surface area contributed by atoms with E-state index in [4.69, 9.17) is 15.0 Å². The molecule has 0 N–H and O–H groups in total. The Hall–Kier alpha value is -11.2. The quantitative estimate of drug-likeness (QED) is 0.152. The van der Waals surface area contributed by atoms with Gasteiger partial charge in [0.05, 0.1) is 55.5 Å². The van der Waals surface area contributed by atoms with Crippen LogP contribution in [0.3, 0.4) is 0 Å². The summed E-state index contributed by atoms with van der Waals surface area (Å²) in [5, 5.41) is 9.57. The summed E-state index contributed by atoms with van der Waals surface area (Å²) in [4.78, 5) is 16.1. The van der Waals surface area contributed by atoms with Crippen molar-refractivity contribution in [2.75, 3.05) is 0 Å². The number of para-hydroxylation sites is 7. The van der Waals surface area contributed by atoms with Gasteiger partial charge in [-0.2, -0.15) is 0 Å². The molecular formula is C75H47N7. The van der Waals surface area contributed by atoms with E-state index in [1.165, 1.54) is 48.7 Å². The lowest BCUT2D eigenvalue weighted by Crippen LogP contribution is -2.05. The van der Waals surface area contributed by atoms with Gasteiger partial charge in [-0.05, 0) is 108 Å². The highest BCUT2D eigenvalue weighted by atomic mass is 15.1. The van der Waals surface area contributed by atoms with Crippen molar-refractivity contribution in [3.05, 3.63) is 285 Å². The van der Waals surface area contributed by atoms with Crippen LogP contribution in [0.5, 0.6) is 0 Å². The lowest BCUT2D eigenvalue weighted by atomic mass is 10.0. The van der Waals surface area contributed by atoms with Gasteiger partial charge >= 0.3 is 0 Å². The van der Waals surface area contributed by atoms with Crippen molar-refractivity contribution >= 4 is 87.2 Å². The molecular weight excluding hydrogens is 999 g/mol. The van der Waals surface area contributed by atoms with Gasteiger partial charge in [0, 0.05) is 71.2 Å². The summed E-state index contributed by atoms with van der Waals surface area (Å²) in [6.45, 7) is 0.